The first-order valence-electron chi connectivity index (χ1n) is 8.88. The molecule has 2 aromatic rings. The van der Waals surface area contributed by atoms with Crippen molar-refractivity contribution in [1.29, 1.82) is 0 Å². The molecule has 0 saturated heterocycles. The predicted molar refractivity (Wildman–Crippen MR) is 109 cm³/mol. The summed E-state index contributed by atoms with van der Waals surface area (Å²) >= 11 is 0. The van der Waals surface area contributed by atoms with E-state index >= 15 is 0 Å². The lowest BCUT2D eigenvalue weighted by molar-refractivity contribution is -0.119. The minimum absolute atomic E-state index is 0.255. The van der Waals surface area contributed by atoms with Gasteiger partial charge in [-0.25, -0.2) is 4.31 Å². The Morgan fingerprint density at radius 1 is 1.00 bits per heavy atom. The number of carbonyl (C=O) groups excluding carboxylic acids is 1. The van der Waals surface area contributed by atoms with Gasteiger partial charge >= 0.3 is 10.2 Å². The van der Waals surface area contributed by atoms with Gasteiger partial charge in [-0.15, -0.1) is 0 Å². The Balaban J connectivity index is 1.98. The van der Waals surface area contributed by atoms with E-state index in [2.05, 4.69) is 5.32 Å². The van der Waals surface area contributed by atoms with Crippen LogP contribution in [0.15, 0.2) is 54.6 Å². The quantitative estimate of drug-likeness (QED) is 0.670. The van der Waals surface area contributed by atoms with Gasteiger partial charge in [0.05, 0.1) is 5.69 Å². The van der Waals surface area contributed by atoms with E-state index in [0.717, 1.165) is 27.0 Å². The van der Waals surface area contributed by atoms with Gasteiger partial charge in [-0.3, -0.25) is 4.79 Å². The molecular formula is C20H27N3O3S. The first-order valence-corrected chi connectivity index (χ1v) is 10.3. The largest absolute Gasteiger partial charge is 0.355 e. The number of nitrogens with one attached hydrogen (secondary N) is 1. The third kappa shape index (κ3) is 6.08. The number of hydrogen-bond donors (Lipinski definition) is 1. The van der Waals surface area contributed by atoms with E-state index in [9.17, 15) is 13.2 Å². The van der Waals surface area contributed by atoms with Crippen molar-refractivity contribution in [2.45, 2.75) is 19.8 Å². The Hall–Kier alpha value is -2.38. The second-order valence-electron chi connectivity index (χ2n) is 6.57. The van der Waals surface area contributed by atoms with Crippen molar-refractivity contribution in [1.82, 2.24) is 9.62 Å². The molecule has 0 saturated carbocycles. The molecule has 0 unspecified atom stereocenters. The number of amides is 1. The SMILES string of the molecule is Cc1ccc(N(CC(=O)NCCCc2ccccc2)S(=O)(=O)N(C)C)cc1. The van der Waals surface area contributed by atoms with E-state index in [4.69, 9.17) is 0 Å². The van der Waals surface area contributed by atoms with Gasteiger partial charge in [-0.1, -0.05) is 48.0 Å². The number of hydrogen-bond acceptors (Lipinski definition) is 3. The summed E-state index contributed by atoms with van der Waals surface area (Å²) < 4.78 is 27.5. The molecule has 0 heterocycles. The lowest BCUT2D eigenvalue weighted by atomic mass is 10.1. The highest BCUT2D eigenvalue weighted by Gasteiger charge is 2.27. The molecule has 146 valence electrons. The Morgan fingerprint density at radius 3 is 2.22 bits per heavy atom. The van der Waals surface area contributed by atoms with Crippen molar-refractivity contribution in [3.05, 3.63) is 65.7 Å². The molecule has 0 aliphatic heterocycles. The number of carbonyl (C=O) groups is 1. The van der Waals surface area contributed by atoms with Gasteiger partial charge in [-0.2, -0.15) is 12.7 Å². The molecule has 0 aliphatic rings. The lowest BCUT2D eigenvalue weighted by Crippen LogP contribution is -2.46. The topological polar surface area (TPSA) is 69.7 Å². The Labute approximate surface area is 162 Å². The molecule has 0 atom stereocenters. The van der Waals surface area contributed by atoms with Crippen molar-refractivity contribution in [3.63, 3.8) is 0 Å². The third-order valence-electron chi connectivity index (χ3n) is 4.16. The summed E-state index contributed by atoms with van der Waals surface area (Å²) in [7, 11) is -0.862. The first kappa shape index (κ1) is 20.9. The van der Waals surface area contributed by atoms with Crippen molar-refractivity contribution < 1.29 is 13.2 Å². The van der Waals surface area contributed by atoms with Crippen molar-refractivity contribution in [2.24, 2.45) is 0 Å². The van der Waals surface area contributed by atoms with E-state index in [1.807, 2.05) is 49.4 Å². The highest BCUT2D eigenvalue weighted by Crippen LogP contribution is 2.19. The van der Waals surface area contributed by atoms with Gasteiger partial charge < -0.3 is 5.32 Å². The van der Waals surface area contributed by atoms with Crippen LogP contribution in [0, 0.1) is 6.92 Å². The Morgan fingerprint density at radius 2 is 1.63 bits per heavy atom. The van der Waals surface area contributed by atoms with Crippen LogP contribution in [0.4, 0.5) is 5.69 Å². The van der Waals surface area contributed by atoms with Crippen molar-refractivity contribution in [2.75, 3.05) is 31.5 Å². The summed E-state index contributed by atoms with van der Waals surface area (Å²) in [6, 6.07) is 17.1. The maximum atomic E-state index is 12.6. The zero-order valence-electron chi connectivity index (χ0n) is 16.1. The number of aryl methyl sites for hydroxylation is 2. The van der Waals surface area contributed by atoms with Crippen LogP contribution in [0.3, 0.4) is 0 Å². The minimum Gasteiger partial charge on any atom is -0.355 e. The molecule has 1 amide bonds. The molecule has 0 aromatic heterocycles. The molecule has 0 aliphatic carbocycles. The average molecular weight is 390 g/mol. The molecule has 0 spiro atoms. The van der Waals surface area contributed by atoms with Gasteiger partial charge in [0.1, 0.15) is 6.54 Å². The van der Waals surface area contributed by atoms with Gasteiger partial charge in [-0.05, 0) is 37.5 Å². The fraction of sp³-hybridized carbons (Fsp3) is 0.350. The van der Waals surface area contributed by atoms with Crippen molar-refractivity contribution in [3.8, 4) is 0 Å². The summed E-state index contributed by atoms with van der Waals surface area (Å²) in [5.41, 5.74) is 2.70. The van der Waals surface area contributed by atoms with Crippen LogP contribution < -0.4 is 9.62 Å². The van der Waals surface area contributed by atoms with Gasteiger partial charge in [0.2, 0.25) is 5.91 Å². The molecule has 0 radical (unpaired) electrons. The summed E-state index contributed by atoms with van der Waals surface area (Å²) in [6.07, 6.45) is 1.65. The maximum absolute atomic E-state index is 12.6. The zero-order valence-corrected chi connectivity index (χ0v) is 16.9. The van der Waals surface area contributed by atoms with E-state index in [1.165, 1.54) is 19.7 Å². The van der Waals surface area contributed by atoms with E-state index in [1.54, 1.807) is 12.1 Å². The first-order chi connectivity index (χ1) is 12.8. The molecule has 2 rings (SSSR count). The number of anilines is 1. The van der Waals surface area contributed by atoms with Gasteiger partial charge in [0.15, 0.2) is 0 Å². The Kier molecular flexibility index (Phi) is 7.38. The fourth-order valence-corrected chi connectivity index (χ4v) is 3.63. The molecule has 0 fully saturated rings. The van der Waals surface area contributed by atoms with E-state index in [-0.39, 0.29) is 12.5 Å². The van der Waals surface area contributed by atoms with Gasteiger partial charge in [0.25, 0.3) is 0 Å². The fourth-order valence-electron chi connectivity index (χ4n) is 2.57. The van der Waals surface area contributed by atoms with Crippen LogP contribution >= 0.6 is 0 Å². The second-order valence-corrected chi connectivity index (χ2v) is 8.64. The zero-order chi connectivity index (χ0) is 19.9. The smallest absolute Gasteiger partial charge is 0.304 e. The highest BCUT2D eigenvalue weighted by molar-refractivity contribution is 7.90. The third-order valence-corrected chi connectivity index (χ3v) is 5.98. The maximum Gasteiger partial charge on any atom is 0.304 e. The average Bonchev–Trinajstić information content (AvgIpc) is 2.65. The lowest BCUT2D eigenvalue weighted by Gasteiger charge is -2.27. The molecule has 2 aromatic carbocycles. The van der Waals surface area contributed by atoms with Crippen LogP contribution in [0.25, 0.3) is 0 Å². The number of nitrogens with zero attached hydrogens (tertiary/aromatic N) is 2. The molecule has 27 heavy (non-hydrogen) atoms. The summed E-state index contributed by atoms with van der Waals surface area (Å²) in [5, 5.41) is 2.81. The van der Waals surface area contributed by atoms with Crippen LogP contribution in [0.5, 0.6) is 0 Å². The molecular weight excluding hydrogens is 362 g/mol. The monoisotopic (exact) mass is 389 g/mol. The van der Waals surface area contributed by atoms with Crippen molar-refractivity contribution >= 4 is 21.8 Å². The summed E-state index contributed by atoms with van der Waals surface area (Å²) in [5.74, 6) is -0.325. The number of rotatable bonds is 9. The molecule has 7 heteroatoms. The normalized spacial score (nSPS) is 11.4. The summed E-state index contributed by atoms with van der Waals surface area (Å²) in [4.78, 5) is 12.3. The van der Waals surface area contributed by atoms with Crippen LogP contribution in [-0.4, -0.2) is 45.8 Å². The van der Waals surface area contributed by atoms with Gasteiger partial charge in [0, 0.05) is 20.6 Å². The molecule has 0 bridgehead atoms. The standard InChI is InChI=1S/C20H27N3O3S/c1-17-11-13-19(14-12-17)23(27(25,26)22(2)3)16-20(24)21-15-7-10-18-8-5-4-6-9-18/h4-6,8-9,11-14H,7,10,15-16H2,1-3H3,(H,21,24). The molecule has 1 N–H and O–H groups in total. The van der Waals surface area contributed by atoms with Crippen LogP contribution in [0.2, 0.25) is 0 Å². The Bertz CT molecular complexity index is 835. The van der Waals surface area contributed by atoms with E-state index < -0.39 is 10.2 Å². The van der Waals surface area contributed by atoms with E-state index in [0.29, 0.717) is 12.2 Å². The number of benzene rings is 2. The second kappa shape index (κ2) is 9.53. The minimum atomic E-state index is -3.77. The van der Waals surface area contributed by atoms with Crippen LogP contribution in [-0.2, 0) is 21.4 Å². The summed E-state index contributed by atoms with van der Waals surface area (Å²) in [6.45, 7) is 2.17. The predicted octanol–water partition coefficient (Wildman–Crippen LogP) is 2.36. The molecule has 6 nitrogen and oxygen atoms in total. The highest BCUT2D eigenvalue weighted by atomic mass is 32.2. The van der Waals surface area contributed by atoms with Crippen LogP contribution in [0.1, 0.15) is 17.5 Å².